The summed E-state index contributed by atoms with van der Waals surface area (Å²) >= 11 is 0. The van der Waals surface area contributed by atoms with Gasteiger partial charge in [0.1, 0.15) is 5.75 Å². The molecule has 1 aliphatic rings. The normalized spacial score (nSPS) is 16.1. The smallest absolute Gasteiger partial charge is 0.254 e. The summed E-state index contributed by atoms with van der Waals surface area (Å²) in [7, 11) is 6.27. The van der Waals surface area contributed by atoms with Gasteiger partial charge in [-0.2, -0.15) is 0 Å². The van der Waals surface area contributed by atoms with Crippen molar-refractivity contribution in [3.8, 4) is 23.0 Å². The number of hydrogen-bond acceptors (Lipinski definition) is 5. The van der Waals surface area contributed by atoms with Crippen molar-refractivity contribution in [2.45, 2.75) is 18.9 Å². The van der Waals surface area contributed by atoms with Crippen LogP contribution in [0.1, 0.15) is 34.8 Å². The second-order valence-electron chi connectivity index (χ2n) is 6.35. The van der Waals surface area contributed by atoms with E-state index in [9.17, 15) is 4.79 Å². The lowest BCUT2D eigenvalue weighted by molar-refractivity contribution is 0.0734. The Kier molecular flexibility index (Phi) is 5.74. The Balaban J connectivity index is 1.94. The number of likely N-dealkylation sites (tertiary alicyclic amines) is 1. The Morgan fingerprint density at radius 3 is 2.26 bits per heavy atom. The first-order valence-electron chi connectivity index (χ1n) is 8.87. The number of carbonyl (C=O) groups excluding carboxylic acids is 1. The highest BCUT2D eigenvalue weighted by molar-refractivity contribution is 5.96. The van der Waals surface area contributed by atoms with Gasteiger partial charge in [0, 0.05) is 12.1 Å². The van der Waals surface area contributed by atoms with Crippen LogP contribution < -0.4 is 18.9 Å². The fourth-order valence-corrected chi connectivity index (χ4v) is 3.58. The molecule has 2 aromatic carbocycles. The molecule has 3 rings (SSSR count). The third-order valence-corrected chi connectivity index (χ3v) is 4.90. The molecule has 6 nitrogen and oxygen atoms in total. The lowest BCUT2D eigenvalue weighted by Gasteiger charge is -2.26. The Labute approximate surface area is 159 Å². The SMILES string of the molecule is COc1cccc(C2CCCN2C(=O)c2cc(OC)c(OC)c(OC)c2)c1. The maximum absolute atomic E-state index is 13.3. The van der Waals surface area contributed by atoms with Crippen molar-refractivity contribution in [1.82, 2.24) is 4.90 Å². The number of rotatable bonds is 6. The Morgan fingerprint density at radius 1 is 0.963 bits per heavy atom. The second-order valence-corrected chi connectivity index (χ2v) is 6.35. The van der Waals surface area contributed by atoms with Crippen molar-refractivity contribution in [2.24, 2.45) is 0 Å². The summed E-state index contributed by atoms with van der Waals surface area (Å²) in [4.78, 5) is 15.2. The third-order valence-electron chi connectivity index (χ3n) is 4.90. The topological polar surface area (TPSA) is 57.2 Å². The predicted octanol–water partition coefficient (Wildman–Crippen LogP) is 3.70. The molecule has 1 heterocycles. The average Bonchev–Trinajstić information content (AvgIpc) is 3.21. The molecule has 2 aromatic rings. The van der Waals surface area contributed by atoms with Crippen LogP contribution in [0, 0.1) is 0 Å². The van der Waals surface area contributed by atoms with Crippen LogP contribution in [0.3, 0.4) is 0 Å². The van der Waals surface area contributed by atoms with E-state index >= 15 is 0 Å². The van der Waals surface area contributed by atoms with E-state index in [0.717, 1.165) is 24.2 Å². The van der Waals surface area contributed by atoms with Crippen molar-refractivity contribution in [1.29, 1.82) is 0 Å². The maximum Gasteiger partial charge on any atom is 0.254 e. The van der Waals surface area contributed by atoms with Gasteiger partial charge in [0.05, 0.1) is 34.5 Å². The quantitative estimate of drug-likeness (QED) is 0.775. The van der Waals surface area contributed by atoms with Gasteiger partial charge in [0.2, 0.25) is 5.75 Å². The Bertz CT molecular complexity index is 795. The zero-order valence-corrected chi connectivity index (χ0v) is 16.2. The highest BCUT2D eigenvalue weighted by atomic mass is 16.5. The van der Waals surface area contributed by atoms with Crippen molar-refractivity contribution in [3.63, 3.8) is 0 Å². The van der Waals surface area contributed by atoms with Crippen LogP contribution in [0.2, 0.25) is 0 Å². The van der Waals surface area contributed by atoms with Gasteiger partial charge in [0.25, 0.3) is 5.91 Å². The molecule has 1 fully saturated rings. The minimum absolute atomic E-state index is 0.0201. The van der Waals surface area contributed by atoms with Gasteiger partial charge in [-0.25, -0.2) is 0 Å². The van der Waals surface area contributed by atoms with Crippen LogP contribution in [0.25, 0.3) is 0 Å². The van der Waals surface area contributed by atoms with E-state index in [2.05, 4.69) is 0 Å². The molecule has 0 spiro atoms. The van der Waals surface area contributed by atoms with Gasteiger partial charge in [-0.3, -0.25) is 4.79 Å². The number of hydrogen-bond donors (Lipinski definition) is 0. The Morgan fingerprint density at radius 2 is 1.67 bits per heavy atom. The molecule has 0 aromatic heterocycles. The zero-order chi connectivity index (χ0) is 19.4. The first-order valence-corrected chi connectivity index (χ1v) is 8.87. The molecule has 0 N–H and O–H groups in total. The summed E-state index contributed by atoms with van der Waals surface area (Å²) in [6.45, 7) is 0.706. The molecule has 0 bridgehead atoms. The number of methoxy groups -OCH3 is 4. The molecule has 0 radical (unpaired) electrons. The molecule has 1 amide bonds. The van der Waals surface area contributed by atoms with Crippen LogP contribution in [-0.4, -0.2) is 45.8 Å². The number of nitrogens with zero attached hydrogens (tertiary/aromatic N) is 1. The molecule has 27 heavy (non-hydrogen) atoms. The molecule has 0 saturated carbocycles. The minimum atomic E-state index is -0.0560. The fourth-order valence-electron chi connectivity index (χ4n) is 3.58. The first kappa shape index (κ1) is 18.9. The van der Waals surface area contributed by atoms with E-state index in [4.69, 9.17) is 18.9 Å². The molecule has 0 aliphatic carbocycles. The van der Waals surface area contributed by atoms with E-state index in [1.165, 1.54) is 0 Å². The van der Waals surface area contributed by atoms with Crippen molar-refractivity contribution >= 4 is 5.91 Å². The lowest BCUT2D eigenvalue weighted by Crippen LogP contribution is -2.30. The molecule has 1 atom stereocenters. The third kappa shape index (κ3) is 3.65. The highest BCUT2D eigenvalue weighted by Crippen LogP contribution is 2.40. The van der Waals surface area contributed by atoms with E-state index in [1.54, 1.807) is 40.6 Å². The highest BCUT2D eigenvalue weighted by Gasteiger charge is 2.32. The molecule has 144 valence electrons. The van der Waals surface area contributed by atoms with E-state index in [0.29, 0.717) is 29.4 Å². The number of benzene rings is 2. The fraction of sp³-hybridized carbons (Fsp3) is 0.381. The maximum atomic E-state index is 13.3. The number of carbonyl (C=O) groups is 1. The van der Waals surface area contributed by atoms with Gasteiger partial charge >= 0.3 is 0 Å². The zero-order valence-electron chi connectivity index (χ0n) is 16.2. The largest absolute Gasteiger partial charge is 0.497 e. The predicted molar refractivity (Wildman–Crippen MR) is 102 cm³/mol. The molecule has 1 saturated heterocycles. The average molecular weight is 371 g/mol. The van der Waals surface area contributed by atoms with Crippen LogP contribution in [-0.2, 0) is 0 Å². The van der Waals surface area contributed by atoms with Crippen LogP contribution in [0.4, 0.5) is 0 Å². The standard InChI is InChI=1S/C21H25NO5/c1-24-16-8-5-7-14(11-16)17-9-6-10-22(17)21(23)15-12-18(25-2)20(27-4)19(13-15)26-3/h5,7-8,11-13,17H,6,9-10H2,1-4H3. The summed E-state index contributed by atoms with van der Waals surface area (Å²) in [6.07, 6.45) is 1.88. The van der Waals surface area contributed by atoms with Crippen molar-refractivity contribution < 1.29 is 23.7 Å². The lowest BCUT2D eigenvalue weighted by atomic mass is 10.0. The number of amides is 1. The van der Waals surface area contributed by atoms with Gasteiger partial charge < -0.3 is 23.8 Å². The van der Waals surface area contributed by atoms with Crippen LogP contribution in [0.5, 0.6) is 23.0 Å². The molecular weight excluding hydrogens is 346 g/mol. The minimum Gasteiger partial charge on any atom is -0.497 e. The van der Waals surface area contributed by atoms with Gasteiger partial charge in [-0.05, 0) is 42.7 Å². The van der Waals surface area contributed by atoms with E-state index in [-0.39, 0.29) is 11.9 Å². The van der Waals surface area contributed by atoms with Crippen molar-refractivity contribution in [2.75, 3.05) is 35.0 Å². The van der Waals surface area contributed by atoms with Crippen molar-refractivity contribution in [3.05, 3.63) is 47.5 Å². The molecule has 6 heteroatoms. The summed E-state index contributed by atoms with van der Waals surface area (Å²) < 4.78 is 21.4. The first-order chi connectivity index (χ1) is 13.1. The summed E-state index contributed by atoms with van der Waals surface area (Å²) in [6, 6.07) is 11.3. The summed E-state index contributed by atoms with van der Waals surface area (Å²) in [5, 5.41) is 0. The number of ether oxygens (including phenoxy) is 4. The van der Waals surface area contributed by atoms with Crippen LogP contribution >= 0.6 is 0 Å². The van der Waals surface area contributed by atoms with Crippen LogP contribution in [0.15, 0.2) is 36.4 Å². The second kappa shape index (κ2) is 8.20. The monoisotopic (exact) mass is 371 g/mol. The Hall–Kier alpha value is -2.89. The van der Waals surface area contributed by atoms with Gasteiger partial charge in [0.15, 0.2) is 11.5 Å². The molecule has 1 unspecified atom stereocenters. The summed E-state index contributed by atoms with van der Waals surface area (Å²) in [5.41, 5.74) is 1.59. The summed E-state index contributed by atoms with van der Waals surface area (Å²) in [5.74, 6) is 2.15. The molecular formula is C21H25NO5. The van der Waals surface area contributed by atoms with E-state index < -0.39 is 0 Å². The molecule has 1 aliphatic heterocycles. The van der Waals surface area contributed by atoms with Gasteiger partial charge in [-0.15, -0.1) is 0 Å². The van der Waals surface area contributed by atoms with Gasteiger partial charge in [-0.1, -0.05) is 12.1 Å². The van der Waals surface area contributed by atoms with E-state index in [1.807, 2.05) is 29.2 Å².